The van der Waals surface area contributed by atoms with E-state index in [1.165, 1.54) is 0 Å². The molecule has 1 saturated carbocycles. The van der Waals surface area contributed by atoms with Crippen LogP contribution in [-0.2, 0) is 14.9 Å². The Labute approximate surface area is 120 Å². The van der Waals surface area contributed by atoms with Crippen LogP contribution in [-0.4, -0.2) is 28.4 Å². The molecule has 2 aliphatic rings. The molecule has 4 nitrogen and oxygen atoms in total. The summed E-state index contributed by atoms with van der Waals surface area (Å²) < 4.78 is 12.3. The molecule has 1 aliphatic heterocycles. The van der Waals surface area contributed by atoms with E-state index in [9.17, 15) is 5.11 Å². The standard InChI is InChI=1S/C15H22BNO3/c1-10-8-17-9-11(15(18)6-7-15)12(10)16-19-13(2,3)14(4,5)20-16/h8-9,18H,6-7H2,1-5H3. The second-order valence-electron chi connectivity index (χ2n) is 7.04. The third-order valence-electron chi connectivity index (χ3n) is 4.90. The van der Waals surface area contributed by atoms with Gasteiger partial charge in [0.05, 0.1) is 16.8 Å². The average Bonchev–Trinajstić information content (AvgIpc) is 3.01. The van der Waals surface area contributed by atoms with Gasteiger partial charge < -0.3 is 14.4 Å². The predicted molar refractivity (Wildman–Crippen MR) is 77.8 cm³/mol. The summed E-state index contributed by atoms with van der Waals surface area (Å²) >= 11 is 0. The Morgan fingerprint density at radius 2 is 1.65 bits per heavy atom. The van der Waals surface area contributed by atoms with E-state index >= 15 is 0 Å². The highest BCUT2D eigenvalue weighted by Crippen LogP contribution is 2.45. The molecule has 2 heterocycles. The predicted octanol–water partition coefficient (Wildman–Crippen LogP) is 1.67. The number of pyridine rings is 1. The highest BCUT2D eigenvalue weighted by atomic mass is 16.7. The van der Waals surface area contributed by atoms with E-state index in [0.717, 1.165) is 29.4 Å². The van der Waals surface area contributed by atoms with Crippen LogP contribution in [0, 0.1) is 6.92 Å². The quantitative estimate of drug-likeness (QED) is 0.834. The first kappa shape index (κ1) is 14.0. The fourth-order valence-corrected chi connectivity index (χ4v) is 2.61. The fraction of sp³-hybridized carbons (Fsp3) is 0.667. The van der Waals surface area contributed by atoms with Crippen molar-refractivity contribution in [2.24, 2.45) is 0 Å². The van der Waals surface area contributed by atoms with Gasteiger partial charge in [0.15, 0.2) is 0 Å². The van der Waals surface area contributed by atoms with Crippen molar-refractivity contribution >= 4 is 12.6 Å². The van der Waals surface area contributed by atoms with Crippen LogP contribution in [0.1, 0.15) is 51.7 Å². The molecule has 0 atom stereocenters. The second-order valence-corrected chi connectivity index (χ2v) is 7.04. The van der Waals surface area contributed by atoms with E-state index in [4.69, 9.17) is 9.31 Å². The summed E-state index contributed by atoms with van der Waals surface area (Å²) in [7, 11) is -0.442. The Balaban J connectivity index is 2.04. The molecule has 0 spiro atoms. The molecule has 2 fully saturated rings. The summed E-state index contributed by atoms with van der Waals surface area (Å²) in [4.78, 5) is 4.22. The van der Waals surface area contributed by atoms with Crippen molar-refractivity contribution in [3.8, 4) is 0 Å². The van der Waals surface area contributed by atoms with Gasteiger partial charge in [-0.1, -0.05) is 0 Å². The molecule has 0 bridgehead atoms. The van der Waals surface area contributed by atoms with Crippen molar-refractivity contribution in [1.29, 1.82) is 0 Å². The maximum absolute atomic E-state index is 10.5. The van der Waals surface area contributed by atoms with Crippen LogP contribution >= 0.6 is 0 Å². The lowest BCUT2D eigenvalue weighted by molar-refractivity contribution is 0.00578. The van der Waals surface area contributed by atoms with Crippen molar-refractivity contribution in [3.63, 3.8) is 0 Å². The van der Waals surface area contributed by atoms with Crippen molar-refractivity contribution in [1.82, 2.24) is 4.98 Å². The van der Waals surface area contributed by atoms with Crippen LogP contribution in [0.3, 0.4) is 0 Å². The first-order chi connectivity index (χ1) is 9.16. The van der Waals surface area contributed by atoms with E-state index in [-0.39, 0.29) is 11.2 Å². The number of rotatable bonds is 2. The Morgan fingerprint density at radius 1 is 1.10 bits per heavy atom. The van der Waals surface area contributed by atoms with Gasteiger partial charge in [0.2, 0.25) is 0 Å². The van der Waals surface area contributed by atoms with Crippen LogP contribution in [0.2, 0.25) is 0 Å². The van der Waals surface area contributed by atoms with Gasteiger partial charge in [-0.05, 0) is 58.5 Å². The minimum atomic E-state index is -0.738. The van der Waals surface area contributed by atoms with Crippen LogP contribution in [0.5, 0.6) is 0 Å². The van der Waals surface area contributed by atoms with Gasteiger partial charge in [-0.25, -0.2) is 0 Å². The number of hydrogen-bond donors (Lipinski definition) is 1. The van der Waals surface area contributed by atoms with Gasteiger partial charge in [-0.15, -0.1) is 0 Å². The lowest BCUT2D eigenvalue weighted by atomic mass is 9.72. The number of hydrogen-bond acceptors (Lipinski definition) is 4. The number of aryl methyl sites for hydroxylation is 1. The normalized spacial score (nSPS) is 25.8. The maximum atomic E-state index is 10.5. The monoisotopic (exact) mass is 275 g/mol. The van der Waals surface area contributed by atoms with Crippen molar-refractivity contribution in [2.45, 2.75) is 64.3 Å². The summed E-state index contributed by atoms with van der Waals surface area (Å²) in [5.74, 6) is 0. The summed E-state index contributed by atoms with van der Waals surface area (Å²) in [6.07, 6.45) is 5.12. The zero-order valence-electron chi connectivity index (χ0n) is 12.9. The van der Waals surface area contributed by atoms with Gasteiger partial charge in [-0.2, -0.15) is 0 Å². The van der Waals surface area contributed by atoms with E-state index in [1.807, 2.05) is 34.6 Å². The Kier molecular flexibility index (Phi) is 2.85. The second kappa shape index (κ2) is 4.06. The molecular formula is C15H22BNO3. The average molecular weight is 275 g/mol. The molecule has 3 rings (SSSR count). The Bertz CT molecular complexity index is 536. The first-order valence-electron chi connectivity index (χ1n) is 7.19. The molecule has 0 aromatic carbocycles. The topological polar surface area (TPSA) is 51.6 Å². The highest BCUT2D eigenvalue weighted by molar-refractivity contribution is 6.63. The van der Waals surface area contributed by atoms with Crippen molar-refractivity contribution in [2.75, 3.05) is 0 Å². The minimum absolute atomic E-state index is 0.378. The van der Waals surface area contributed by atoms with E-state index in [1.54, 1.807) is 12.4 Å². The van der Waals surface area contributed by atoms with Gasteiger partial charge in [0.1, 0.15) is 0 Å². The van der Waals surface area contributed by atoms with E-state index in [2.05, 4.69) is 4.98 Å². The van der Waals surface area contributed by atoms with Crippen molar-refractivity contribution < 1.29 is 14.4 Å². The molecule has 1 aromatic heterocycles. The summed E-state index contributed by atoms with van der Waals surface area (Å²) in [5.41, 5.74) is 1.31. The number of aromatic nitrogens is 1. The molecule has 0 radical (unpaired) electrons. The zero-order chi connectivity index (χ0) is 14.8. The molecule has 1 N–H and O–H groups in total. The molecular weight excluding hydrogens is 253 g/mol. The molecule has 1 aliphatic carbocycles. The van der Waals surface area contributed by atoms with Crippen LogP contribution in [0.15, 0.2) is 12.4 Å². The lowest BCUT2D eigenvalue weighted by Crippen LogP contribution is -2.41. The van der Waals surface area contributed by atoms with E-state index in [0.29, 0.717) is 0 Å². The minimum Gasteiger partial charge on any atom is -0.399 e. The first-order valence-corrected chi connectivity index (χ1v) is 7.19. The third-order valence-corrected chi connectivity index (χ3v) is 4.90. The van der Waals surface area contributed by atoms with Gasteiger partial charge >= 0.3 is 7.12 Å². The van der Waals surface area contributed by atoms with Gasteiger partial charge in [0.25, 0.3) is 0 Å². The molecule has 1 aromatic rings. The largest absolute Gasteiger partial charge is 0.495 e. The van der Waals surface area contributed by atoms with Gasteiger partial charge in [0, 0.05) is 18.0 Å². The molecule has 5 heteroatoms. The highest BCUT2D eigenvalue weighted by Gasteiger charge is 2.55. The zero-order valence-corrected chi connectivity index (χ0v) is 12.9. The Morgan fingerprint density at radius 3 is 2.15 bits per heavy atom. The van der Waals surface area contributed by atoms with Gasteiger partial charge in [-0.3, -0.25) is 4.98 Å². The third kappa shape index (κ3) is 2.00. The molecule has 0 unspecified atom stereocenters. The number of nitrogens with zero attached hydrogens (tertiary/aromatic N) is 1. The Hall–Kier alpha value is -0.905. The smallest absolute Gasteiger partial charge is 0.399 e. The van der Waals surface area contributed by atoms with Crippen LogP contribution in [0.4, 0.5) is 0 Å². The number of aliphatic hydroxyl groups is 1. The fourth-order valence-electron chi connectivity index (χ4n) is 2.61. The van der Waals surface area contributed by atoms with Crippen molar-refractivity contribution in [3.05, 3.63) is 23.5 Å². The lowest BCUT2D eigenvalue weighted by Gasteiger charge is -2.32. The molecule has 1 saturated heterocycles. The van der Waals surface area contributed by atoms with E-state index < -0.39 is 12.7 Å². The SMILES string of the molecule is Cc1cncc(C2(O)CC2)c1B1OC(C)(C)C(C)(C)O1. The summed E-state index contributed by atoms with van der Waals surface area (Å²) in [6.45, 7) is 10.1. The summed E-state index contributed by atoms with van der Waals surface area (Å²) in [6, 6.07) is 0. The molecule has 0 amide bonds. The summed E-state index contributed by atoms with van der Waals surface area (Å²) in [5, 5.41) is 10.5. The van der Waals surface area contributed by atoms with Crippen LogP contribution < -0.4 is 5.46 Å². The maximum Gasteiger partial charge on any atom is 0.495 e. The molecule has 20 heavy (non-hydrogen) atoms. The van der Waals surface area contributed by atoms with Crippen LogP contribution in [0.25, 0.3) is 0 Å². The molecule has 108 valence electrons.